The molecular formula is C11H18N4O. The summed E-state index contributed by atoms with van der Waals surface area (Å²) in [5.74, 6) is 0.136. The highest BCUT2D eigenvalue weighted by Crippen LogP contribution is 2.33. The first kappa shape index (κ1) is 11.1. The number of rotatable bonds is 2. The van der Waals surface area contributed by atoms with Gasteiger partial charge in [0, 0.05) is 37.3 Å². The van der Waals surface area contributed by atoms with Crippen molar-refractivity contribution >= 4 is 5.91 Å². The molecule has 0 bridgehead atoms. The molecule has 1 saturated heterocycles. The molecule has 2 N–H and O–H groups in total. The van der Waals surface area contributed by atoms with Crippen LogP contribution >= 0.6 is 0 Å². The van der Waals surface area contributed by atoms with Crippen LogP contribution in [-0.4, -0.2) is 32.7 Å². The van der Waals surface area contributed by atoms with Gasteiger partial charge in [0.2, 0.25) is 5.91 Å². The van der Waals surface area contributed by atoms with E-state index in [1.54, 1.807) is 10.9 Å². The third kappa shape index (κ3) is 1.71. The lowest BCUT2D eigenvalue weighted by Crippen LogP contribution is -2.37. The first-order valence-corrected chi connectivity index (χ1v) is 5.56. The average molecular weight is 222 g/mol. The molecule has 2 heterocycles. The van der Waals surface area contributed by atoms with Crippen LogP contribution in [0.4, 0.5) is 0 Å². The van der Waals surface area contributed by atoms with Gasteiger partial charge in [-0.1, -0.05) is 0 Å². The molecule has 0 aliphatic carbocycles. The second kappa shape index (κ2) is 3.90. The molecule has 1 aliphatic heterocycles. The Morgan fingerprint density at radius 1 is 1.56 bits per heavy atom. The molecule has 1 fully saturated rings. The zero-order chi connectivity index (χ0) is 11.9. The minimum absolute atomic E-state index is 0.0267. The molecule has 1 aromatic heterocycles. The normalized spacial score (nSPS) is 25.8. The van der Waals surface area contributed by atoms with Crippen molar-refractivity contribution in [2.45, 2.75) is 38.4 Å². The Hall–Kier alpha value is -1.36. The third-order valence-electron chi connectivity index (χ3n) is 3.03. The van der Waals surface area contributed by atoms with E-state index in [4.69, 9.17) is 5.73 Å². The fourth-order valence-electron chi connectivity index (χ4n) is 2.39. The lowest BCUT2D eigenvalue weighted by molar-refractivity contribution is -0.130. The zero-order valence-electron chi connectivity index (χ0n) is 9.92. The Labute approximate surface area is 95.2 Å². The second-order valence-corrected chi connectivity index (χ2v) is 4.65. The van der Waals surface area contributed by atoms with E-state index in [-0.39, 0.29) is 24.0 Å². The number of carbonyl (C=O) groups is 1. The van der Waals surface area contributed by atoms with Gasteiger partial charge in [-0.3, -0.25) is 9.48 Å². The largest absolute Gasteiger partial charge is 0.331 e. The maximum atomic E-state index is 11.8. The smallest absolute Gasteiger partial charge is 0.225 e. The number of nitrogens with two attached hydrogens (primary N) is 1. The summed E-state index contributed by atoms with van der Waals surface area (Å²) < 4.78 is 1.74. The number of aromatic nitrogens is 2. The summed E-state index contributed by atoms with van der Waals surface area (Å²) in [5.41, 5.74) is 7.06. The summed E-state index contributed by atoms with van der Waals surface area (Å²) in [4.78, 5) is 13.7. The first-order valence-electron chi connectivity index (χ1n) is 5.56. The first-order chi connectivity index (χ1) is 7.50. The molecule has 0 aromatic carbocycles. The Morgan fingerprint density at radius 2 is 2.25 bits per heavy atom. The maximum absolute atomic E-state index is 11.8. The van der Waals surface area contributed by atoms with Gasteiger partial charge in [-0.2, -0.15) is 5.10 Å². The Balaban J connectivity index is 2.33. The number of hydrogen-bond acceptors (Lipinski definition) is 3. The summed E-state index contributed by atoms with van der Waals surface area (Å²) in [6.45, 7) is 4.03. The molecule has 2 rings (SSSR count). The molecule has 0 saturated carbocycles. The molecule has 2 atom stereocenters. The lowest BCUT2D eigenvalue weighted by Gasteiger charge is -2.29. The number of carbonyl (C=O) groups excluding carboxylic acids is 1. The van der Waals surface area contributed by atoms with Crippen LogP contribution in [0.2, 0.25) is 0 Å². The molecule has 88 valence electrons. The minimum Gasteiger partial charge on any atom is -0.331 e. The van der Waals surface area contributed by atoms with Crippen molar-refractivity contribution in [3.05, 3.63) is 18.0 Å². The number of amides is 1. The second-order valence-electron chi connectivity index (χ2n) is 4.65. The third-order valence-corrected chi connectivity index (χ3v) is 3.03. The van der Waals surface area contributed by atoms with Gasteiger partial charge >= 0.3 is 0 Å². The van der Waals surface area contributed by atoms with E-state index in [9.17, 15) is 4.79 Å². The molecule has 0 radical (unpaired) electrons. The predicted octanol–water partition coefficient (Wildman–Crippen LogP) is 0.429. The van der Waals surface area contributed by atoms with E-state index in [0.717, 1.165) is 5.56 Å². The quantitative estimate of drug-likeness (QED) is 0.789. The molecule has 16 heavy (non-hydrogen) atoms. The summed E-state index contributed by atoms with van der Waals surface area (Å²) in [7, 11) is 1.87. The molecular weight excluding hydrogens is 204 g/mol. The van der Waals surface area contributed by atoms with E-state index in [1.165, 1.54) is 0 Å². The van der Waals surface area contributed by atoms with E-state index in [0.29, 0.717) is 6.42 Å². The van der Waals surface area contributed by atoms with Crippen molar-refractivity contribution in [2.24, 2.45) is 12.8 Å². The van der Waals surface area contributed by atoms with Crippen LogP contribution in [0.1, 0.15) is 31.9 Å². The van der Waals surface area contributed by atoms with Gasteiger partial charge in [-0.25, -0.2) is 0 Å². The van der Waals surface area contributed by atoms with Crippen LogP contribution in [0.3, 0.4) is 0 Å². The van der Waals surface area contributed by atoms with Crippen molar-refractivity contribution in [3.8, 4) is 0 Å². The lowest BCUT2D eigenvalue weighted by atomic mass is 10.0. The highest BCUT2D eigenvalue weighted by atomic mass is 16.2. The van der Waals surface area contributed by atoms with Crippen molar-refractivity contribution < 1.29 is 4.79 Å². The van der Waals surface area contributed by atoms with Gasteiger partial charge in [0.1, 0.15) is 0 Å². The summed E-state index contributed by atoms with van der Waals surface area (Å²) in [6.07, 6.45) is 4.15. The topological polar surface area (TPSA) is 64.2 Å². The van der Waals surface area contributed by atoms with Gasteiger partial charge in [0.05, 0.1) is 12.2 Å². The van der Waals surface area contributed by atoms with Crippen molar-refractivity contribution in [2.75, 3.05) is 0 Å². The summed E-state index contributed by atoms with van der Waals surface area (Å²) in [5, 5.41) is 4.14. The number of likely N-dealkylation sites (tertiary alicyclic amines) is 1. The van der Waals surface area contributed by atoms with E-state index < -0.39 is 0 Å². The number of aryl methyl sites for hydroxylation is 1. The fraction of sp³-hybridized carbons (Fsp3) is 0.636. The van der Waals surface area contributed by atoms with E-state index in [1.807, 2.05) is 32.0 Å². The Bertz CT molecular complexity index is 398. The standard InChI is InChI=1S/C11H18N4O/c1-7(2)15-10(16)4-9(12)11(15)8-5-13-14(3)6-8/h5-7,9,11H,4,12H2,1-3H3. The predicted molar refractivity (Wildman–Crippen MR) is 60.5 cm³/mol. The SMILES string of the molecule is CC(C)N1C(=O)CC(N)C1c1cnn(C)c1. The van der Waals surface area contributed by atoms with Crippen LogP contribution in [-0.2, 0) is 11.8 Å². The number of hydrogen-bond donors (Lipinski definition) is 1. The molecule has 1 aliphatic rings. The van der Waals surface area contributed by atoms with Crippen LogP contribution in [0.25, 0.3) is 0 Å². The summed E-state index contributed by atoms with van der Waals surface area (Å²) >= 11 is 0. The monoisotopic (exact) mass is 222 g/mol. The Kier molecular flexibility index (Phi) is 2.71. The fourth-order valence-corrected chi connectivity index (χ4v) is 2.39. The minimum atomic E-state index is -0.126. The molecule has 2 unspecified atom stereocenters. The van der Waals surface area contributed by atoms with Gasteiger partial charge in [-0.05, 0) is 13.8 Å². The van der Waals surface area contributed by atoms with Crippen molar-refractivity contribution in [1.82, 2.24) is 14.7 Å². The zero-order valence-corrected chi connectivity index (χ0v) is 9.92. The van der Waals surface area contributed by atoms with Crippen LogP contribution in [0.5, 0.6) is 0 Å². The van der Waals surface area contributed by atoms with E-state index in [2.05, 4.69) is 5.10 Å². The maximum Gasteiger partial charge on any atom is 0.225 e. The van der Waals surface area contributed by atoms with Crippen LogP contribution in [0.15, 0.2) is 12.4 Å². The van der Waals surface area contributed by atoms with Gasteiger partial charge in [0.15, 0.2) is 0 Å². The van der Waals surface area contributed by atoms with Crippen molar-refractivity contribution in [3.63, 3.8) is 0 Å². The van der Waals surface area contributed by atoms with Crippen molar-refractivity contribution in [1.29, 1.82) is 0 Å². The van der Waals surface area contributed by atoms with Gasteiger partial charge in [-0.15, -0.1) is 0 Å². The molecule has 0 spiro atoms. The van der Waals surface area contributed by atoms with Gasteiger partial charge in [0.25, 0.3) is 0 Å². The molecule has 1 aromatic rings. The number of nitrogens with zero attached hydrogens (tertiary/aromatic N) is 3. The Morgan fingerprint density at radius 3 is 2.75 bits per heavy atom. The highest BCUT2D eigenvalue weighted by molar-refractivity contribution is 5.80. The summed E-state index contributed by atoms with van der Waals surface area (Å²) in [6, 6.07) is 0.0200. The van der Waals surface area contributed by atoms with Gasteiger partial charge < -0.3 is 10.6 Å². The van der Waals surface area contributed by atoms with Crippen LogP contribution < -0.4 is 5.73 Å². The van der Waals surface area contributed by atoms with E-state index >= 15 is 0 Å². The average Bonchev–Trinajstić information content (AvgIpc) is 2.69. The molecule has 1 amide bonds. The van der Waals surface area contributed by atoms with Crippen LogP contribution in [0, 0.1) is 0 Å². The molecule has 5 nitrogen and oxygen atoms in total. The molecule has 5 heteroatoms. The highest BCUT2D eigenvalue weighted by Gasteiger charge is 2.40.